The second kappa shape index (κ2) is 8.43. The minimum absolute atomic E-state index is 0.0134. The number of rotatable bonds is 6. The van der Waals surface area contributed by atoms with E-state index in [1.807, 2.05) is 0 Å². The predicted octanol–water partition coefficient (Wildman–Crippen LogP) is 3.06. The lowest BCUT2D eigenvalue weighted by atomic mass is 9.94. The van der Waals surface area contributed by atoms with Crippen molar-refractivity contribution in [3.63, 3.8) is 0 Å². The summed E-state index contributed by atoms with van der Waals surface area (Å²) in [6.07, 6.45) is 5.71. The number of benzene rings is 1. The predicted molar refractivity (Wildman–Crippen MR) is 108 cm³/mol. The smallest absolute Gasteiger partial charge is 0.261 e. The summed E-state index contributed by atoms with van der Waals surface area (Å²) in [5, 5.41) is 0. The van der Waals surface area contributed by atoms with Crippen LogP contribution in [0.1, 0.15) is 83.4 Å². The zero-order valence-corrected chi connectivity index (χ0v) is 17.1. The fraction of sp³-hybridized carbons (Fsp3) is 0.591. The van der Waals surface area contributed by atoms with Gasteiger partial charge in [0.05, 0.1) is 11.1 Å². The molecule has 1 heterocycles. The van der Waals surface area contributed by atoms with E-state index in [0.29, 0.717) is 29.2 Å². The molecular formula is C22H31N3O3. The Hall–Kier alpha value is -2.21. The molecule has 152 valence electrons. The Labute approximate surface area is 167 Å². The molecule has 6 nitrogen and oxygen atoms in total. The molecule has 1 aromatic carbocycles. The van der Waals surface area contributed by atoms with Gasteiger partial charge in [0.2, 0.25) is 0 Å². The summed E-state index contributed by atoms with van der Waals surface area (Å²) in [5.41, 5.74) is 7.28. The maximum Gasteiger partial charge on any atom is 0.261 e. The molecule has 0 radical (unpaired) electrons. The van der Waals surface area contributed by atoms with Gasteiger partial charge >= 0.3 is 0 Å². The number of hydrogen-bond acceptors (Lipinski definition) is 4. The second-order valence-electron chi connectivity index (χ2n) is 8.46. The van der Waals surface area contributed by atoms with Gasteiger partial charge in [-0.15, -0.1) is 0 Å². The van der Waals surface area contributed by atoms with Crippen molar-refractivity contribution in [2.45, 2.75) is 64.5 Å². The van der Waals surface area contributed by atoms with Crippen LogP contribution < -0.4 is 5.73 Å². The van der Waals surface area contributed by atoms with Crippen molar-refractivity contribution < 1.29 is 14.4 Å². The molecule has 1 atom stereocenters. The Morgan fingerprint density at radius 3 is 2.43 bits per heavy atom. The van der Waals surface area contributed by atoms with Gasteiger partial charge in [-0.05, 0) is 43.4 Å². The van der Waals surface area contributed by atoms with E-state index in [2.05, 4.69) is 13.8 Å². The lowest BCUT2D eigenvalue weighted by Gasteiger charge is -2.29. The number of hydrogen-bond donors (Lipinski definition) is 1. The maximum absolute atomic E-state index is 12.9. The molecule has 0 bridgehead atoms. The molecule has 2 aliphatic rings. The Bertz CT molecular complexity index is 768. The Morgan fingerprint density at radius 2 is 1.79 bits per heavy atom. The van der Waals surface area contributed by atoms with Crippen molar-refractivity contribution in [1.82, 2.24) is 9.80 Å². The van der Waals surface area contributed by atoms with E-state index in [4.69, 9.17) is 5.73 Å². The molecule has 1 fully saturated rings. The largest absolute Gasteiger partial charge is 0.342 e. The number of nitrogens with two attached hydrogens (primary N) is 1. The summed E-state index contributed by atoms with van der Waals surface area (Å²) in [5.74, 6) is -0.277. The van der Waals surface area contributed by atoms with Gasteiger partial charge in [0, 0.05) is 31.2 Å². The first-order valence-electron chi connectivity index (χ1n) is 10.3. The molecule has 1 aliphatic carbocycles. The molecule has 1 saturated carbocycles. The summed E-state index contributed by atoms with van der Waals surface area (Å²) in [7, 11) is 1.74. The van der Waals surface area contributed by atoms with Crippen LogP contribution in [0.4, 0.5) is 0 Å². The van der Waals surface area contributed by atoms with Crippen LogP contribution in [0.15, 0.2) is 18.2 Å². The molecule has 0 saturated heterocycles. The summed E-state index contributed by atoms with van der Waals surface area (Å²) in [6.45, 7) is 4.68. The molecule has 3 rings (SSSR count). The van der Waals surface area contributed by atoms with Crippen LogP contribution >= 0.6 is 0 Å². The van der Waals surface area contributed by atoms with Crippen LogP contribution in [-0.2, 0) is 0 Å². The van der Waals surface area contributed by atoms with Crippen molar-refractivity contribution in [2.24, 2.45) is 11.7 Å². The minimum Gasteiger partial charge on any atom is -0.342 e. The molecule has 28 heavy (non-hydrogen) atoms. The molecule has 0 spiro atoms. The van der Waals surface area contributed by atoms with Gasteiger partial charge in [-0.2, -0.15) is 0 Å². The van der Waals surface area contributed by atoms with E-state index in [9.17, 15) is 14.4 Å². The number of amides is 3. The highest BCUT2D eigenvalue weighted by Crippen LogP contribution is 2.31. The number of imide groups is 1. The summed E-state index contributed by atoms with van der Waals surface area (Å²) in [6, 6.07) is 4.88. The summed E-state index contributed by atoms with van der Waals surface area (Å²) >= 11 is 0. The molecule has 1 aromatic rings. The molecule has 3 amide bonds. The van der Waals surface area contributed by atoms with Gasteiger partial charge in [-0.3, -0.25) is 19.3 Å². The fourth-order valence-corrected chi connectivity index (χ4v) is 4.06. The number of carbonyl (C=O) groups excluding carboxylic acids is 3. The maximum atomic E-state index is 12.9. The third-order valence-corrected chi connectivity index (χ3v) is 6.11. The first-order chi connectivity index (χ1) is 13.3. The van der Waals surface area contributed by atoms with E-state index in [1.54, 1.807) is 30.1 Å². The van der Waals surface area contributed by atoms with Gasteiger partial charge in [-0.25, -0.2) is 0 Å². The van der Waals surface area contributed by atoms with Crippen LogP contribution in [0, 0.1) is 5.92 Å². The quantitative estimate of drug-likeness (QED) is 0.763. The third-order valence-electron chi connectivity index (χ3n) is 6.11. The summed E-state index contributed by atoms with van der Waals surface area (Å²) < 4.78 is 0. The highest BCUT2D eigenvalue weighted by atomic mass is 16.2. The van der Waals surface area contributed by atoms with Crippen LogP contribution in [0.25, 0.3) is 0 Å². The van der Waals surface area contributed by atoms with Crippen molar-refractivity contribution in [3.05, 3.63) is 34.9 Å². The van der Waals surface area contributed by atoms with Crippen molar-refractivity contribution in [2.75, 3.05) is 13.6 Å². The fourth-order valence-electron chi connectivity index (χ4n) is 4.06. The number of carbonyl (C=O) groups is 3. The van der Waals surface area contributed by atoms with Gasteiger partial charge in [0.25, 0.3) is 17.7 Å². The van der Waals surface area contributed by atoms with Crippen molar-refractivity contribution in [1.29, 1.82) is 0 Å². The molecular weight excluding hydrogens is 354 g/mol. The first-order valence-corrected chi connectivity index (χ1v) is 10.3. The lowest BCUT2D eigenvalue weighted by Crippen LogP contribution is -2.40. The van der Waals surface area contributed by atoms with Gasteiger partial charge in [0.15, 0.2) is 0 Å². The molecule has 1 aliphatic heterocycles. The van der Waals surface area contributed by atoms with Crippen LogP contribution in [0.2, 0.25) is 0 Å². The zero-order chi connectivity index (χ0) is 20.4. The lowest BCUT2D eigenvalue weighted by molar-refractivity contribution is 0.0548. The van der Waals surface area contributed by atoms with E-state index < -0.39 is 0 Å². The third kappa shape index (κ3) is 3.97. The Morgan fingerprint density at radius 1 is 1.14 bits per heavy atom. The number of nitrogens with zero attached hydrogens (tertiary/aromatic N) is 2. The molecule has 0 aromatic heterocycles. The number of fused-ring (bicyclic) bond motifs is 1. The van der Waals surface area contributed by atoms with Crippen molar-refractivity contribution in [3.8, 4) is 0 Å². The second-order valence-corrected chi connectivity index (χ2v) is 8.46. The van der Waals surface area contributed by atoms with E-state index in [1.165, 1.54) is 4.90 Å². The SMILES string of the molecule is CC(C)C(N)CCN(C)C(=O)c1ccc2c(c1)C(=O)N(C1CCCCC1)C2=O. The topological polar surface area (TPSA) is 83.7 Å². The first kappa shape index (κ1) is 20.5. The summed E-state index contributed by atoms with van der Waals surface area (Å²) in [4.78, 5) is 41.5. The highest BCUT2D eigenvalue weighted by molar-refractivity contribution is 6.22. The molecule has 2 N–H and O–H groups in total. The monoisotopic (exact) mass is 385 g/mol. The van der Waals surface area contributed by atoms with Crippen LogP contribution in [0.3, 0.4) is 0 Å². The van der Waals surface area contributed by atoms with Crippen LogP contribution in [0.5, 0.6) is 0 Å². The minimum atomic E-state index is -0.258. The molecule has 6 heteroatoms. The Kier molecular flexibility index (Phi) is 6.18. The average Bonchev–Trinajstić information content (AvgIpc) is 2.95. The normalized spacial score (nSPS) is 18.5. The standard InChI is InChI=1S/C22H31N3O3/c1-14(2)19(23)11-12-24(3)20(26)15-9-10-17-18(13-15)22(28)25(21(17)27)16-7-5-4-6-8-16/h9-10,13-14,16,19H,4-8,11-12,23H2,1-3H3. The van der Waals surface area contributed by atoms with Crippen molar-refractivity contribution >= 4 is 17.7 Å². The zero-order valence-electron chi connectivity index (χ0n) is 17.1. The average molecular weight is 386 g/mol. The van der Waals surface area contributed by atoms with Crippen LogP contribution in [-0.4, -0.2) is 53.2 Å². The van der Waals surface area contributed by atoms with Gasteiger partial charge in [-0.1, -0.05) is 33.1 Å². The van der Waals surface area contributed by atoms with Gasteiger partial charge < -0.3 is 10.6 Å². The Balaban J connectivity index is 1.74. The molecule has 1 unspecified atom stereocenters. The highest BCUT2D eigenvalue weighted by Gasteiger charge is 2.40. The van der Waals surface area contributed by atoms with Gasteiger partial charge in [0.1, 0.15) is 0 Å². The van der Waals surface area contributed by atoms with E-state index >= 15 is 0 Å². The van der Waals surface area contributed by atoms with E-state index in [0.717, 1.165) is 38.5 Å². The van der Waals surface area contributed by atoms with E-state index in [-0.39, 0.29) is 29.8 Å².